The third-order valence-corrected chi connectivity index (χ3v) is 2.95. The Bertz CT molecular complexity index is 578. The molecule has 0 aliphatic rings. The van der Waals surface area contributed by atoms with E-state index < -0.39 is 11.7 Å². The van der Waals surface area contributed by atoms with Crippen molar-refractivity contribution in [3.63, 3.8) is 0 Å². The van der Waals surface area contributed by atoms with Crippen LogP contribution in [0.5, 0.6) is 0 Å². The molecule has 2 N–H and O–H groups in total. The minimum Gasteiger partial charge on any atom is -0.330 e. The van der Waals surface area contributed by atoms with Crippen molar-refractivity contribution in [2.45, 2.75) is 12.6 Å². The molecule has 3 nitrogen and oxygen atoms in total. The summed E-state index contributed by atoms with van der Waals surface area (Å²) in [6.45, 7) is 0.421. The fourth-order valence-corrected chi connectivity index (χ4v) is 2.02. The third kappa shape index (κ3) is 2.90. The van der Waals surface area contributed by atoms with Gasteiger partial charge in [0, 0.05) is 18.3 Å². The van der Waals surface area contributed by atoms with Crippen molar-refractivity contribution in [3.8, 4) is 5.69 Å². The van der Waals surface area contributed by atoms with E-state index in [1.165, 1.54) is 12.4 Å². The lowest BCUT2D eigenvalue weighted by Crippen LogP contribution is -2.09. The summed E-state index contributed by atoms with van der Waals surface area (Å²) in [6.07, 6.45) is -0.727. The molecule has 2 aromatic rings. The summed E-state index contributed by atoms with van der Waals surface area (Å²) in [7, 11) is 0. The quantitative estimate of drug-likeness (QED) is 0.944. The highest BCUT2D eigenvalue weighted by Gasteiger charge is 2.31. The predicted octanol–water partition coefficient (Wildman–Crippen LogP) is 3.05. The molecule has 0 bridgehead atoms. The van der Waals surface area contributed by atoms with Crippen molar-refractivity contribution in [2.24, 2.45) is 5.73 Å². The monoisotopic (exact) mass is 289 g/mol. The van der Waals surface area contributed by atoms with Crippen molar-refractivity contribution >= 4 is 11.6 Å². The molecule has 0 fully saturated rings. The number of aromatic nitrogens is 2. The van der Waals surface area contributed by atoms with E-state index in [0.717, 1.165) is 17.8 Å². The maximum Gasteiger partial charge on any atom is 0.416 e. The number of rotatable bonds is 3. The molecule has 7 heteroatoms. The first kappa shape index (κ1) is 13.9. The number of hydrogen-bond donors (Lipinski definition) is 1. The SMILES string of the molecule is NCCc1cncn1-c1ccc(C(F)(F)F)cc1Cl. The number of nitrogens with zero attached hydrogens (tertiary/aromatic N) is 2. The Kier molecular flexibility index (Phi) is 3.82. The summed E-state index contributed by atoms with van der Waals surface area (Å²) in [5.41, 5.74) is 5.94. The zero-order valence-electron chi connectivity index (χ0n) is 9.78. The van der Waals surface area contributed by atoms with Gasteiger partial charge in [-0.2, -0.15) is 13.2 Å². The molecular weight excluding hydrogens is 279 g/mol. The van der Waals surface area contributed by atoms with Gasteiger partial charge in [-0.15, -0.1) is 0 Å². The van der Waals surface area contributed by atoms with Gasteiger partial charge >= 0.3 is 6.18 Å². The Morgan fingerprint density at radius 3 is 2.63 bits per heavy atom. The van der Waals surface area contributed by atoms with Crippen LogP contribution in [-0.2, 0) is 12.6 Å². The summed E-state index contributed by atoms with van der Waals surface area (Å²) in [6, 6.07) is 3.23. The van der Waals surface area contributed by atoms with E-state index >= 15 is 0 Å². The first-order chi connectivity index (χ1) is 8.93. The van der Waals surface area contributed by atoms with E-state index in [1.54, 1.807) is 10.8 Å². The van der Waals surface area contributed by atoms with Crippen LogP contribution in [-0.4, -0.2) is 16.1 Å². The molecule has 0 aliphatic carbocycles. The molecule has 0 radical (unpaired) electrons. The molecule has 0 amide bonds. The fraction of sp³-hybridized carbons (Fsp3) is 0.250. The Balaban J connectivity index is 2.44. The minimum absolute atomic E-state index is 0.0195. The van der Waals surface area contributed by atoms with Crippen molar-refractivity contribution in [3.05, 3.63) is 47.0 Å². The van der Waals surface area contributed by atoms with Crippen molar-refractivity contribution in [1.29, 1.82) is 0 Å². The molecule has 2 rings (SSSR count). The van der Waals surface area contributed by atoms with E-state index in [4.69, 9.17) is 17.3 Å². The third-order valence-electron chi connectivity index (χ3n) is 2.65. The Morgan fingerprint density at radius 1 is 1.32 bits per heavy atom. The summed E-state index contributed by atoms with van der Waals surface area (Å²) >= 11 is 5.92. The highest BCUT2D eigenvalue weighted by Crippen LogP contribution is 2.33. The van der Waals surface area contributed by atoms with Crippen LogP contribution in [0.3, 0.4) is 0 Å². The second-order valence-electron chi connectivity index (χ2n) is 3.96. The largest absolute Gasteiger partial charge is 0.416 e. The zero-order chi connectivity index (χ0) is 14.0. The smallest absolute Gasteiger partial charge is 0.330 e. The number of nitrogens with two attached hydrogens (primary N) is 1. The average Bonchev–Trinajstić information content (AvgIpc) is 2.76. The topological polar surface area (TPSA) is 43.8 Å². The standard InChI is InChI=1S/C12H11ClF3N3/c13-10-5-8(12(14,15)16)1-2-11(10)19-7-18-6-9(19)3-4-17/h1-2,5-7H,3-4,17H2. The average molecular weight is 290 g/mol. The molecule has 1 aromatic carbocycles. The normalized spacial score (nSPS) is 11.8. The van der Waals surface area contributed by atoms with Gasteiger partial charge in [0.2, 0.25) is 0 Å². The van der Waals surface area contributed by atoms with Gasteiger partial charge in [-0.05, 0) is 24.7 Å². The minimum atomic E-state index is -4.41. The first-order valence-electron chi connectivity index (χ1n) is 5.52. The molecule has 0 saturated carbocycles. The number of alkyl halides is 3. The number of imidazole rings is 1. The highest BCUT2D eigenvalue weighted by atomic mass is 35.5. The van der Waals surface area contributed by atoms with Crippen molar-refractivity contribution < 1.29 is 13.2 Å². The second kappa shape index (κ2) is 5.22. The van der Waals surface area contributed by atoms with E-state index in [0.29, 0.717) is 18.7 Å². The fourth-order valence-electron chi connectivity index (χ4n) is 1.75. The Hall–Kier alpha value is -1.53. The summed E-state index contributed by atoms with van der Waals surface area (Å²) in [4.78, 5) is 3.96. The van der Waals surface area contributed by atoms with Gasteiger partial charge in [0.25, 0.3) is 0 Å². The van der Waals surface area contributed by atoms with Crippen LogP contribution in [0.2, 0.25) is 5.02 Å². The molecule has 0 saturated heterocycles. The van der Waals surface area contributed by atoms with Gasteiger partial charge in [0.15, 0.2) is 0 Å². The molecule has 0 atom stereocenters. The van der Waals surface area contributed by atoms with Gasteiger partial charge in [0.1, 0.15) is 0 Å². The summed E-state index contributed by atoms with van der Waals surface area (Å²) in [5.74, 6) is 0. The van der Waals surface area contributed by atoms with Gasteiger partial charge in [0.05, 0.1) is 22.6 Å². The van der Waals surface area contributed by atoms with Crippen LogP contribution in [0.4, 0.5) is 13.2 Å². The Labute approximate surface area is 112 Å². The second-order valence-corrected chi connectivity index (χ2v) is 4.36. The lowest BCUT2D eigenvalue weighted by Gasteiger charge is -2.12. The van der Waals surface area contributed by atoms with Crippen LogP contribution in [0.1, 0.15) is 11.3 Å². The van der Waals surface area contributed by atoms with Crippen LogP contribution in [0, 0.1) is 0 Å². The molecule has 0 unspecified atom stereocenters. The van der Waals surface area contributed by atoms with E-state index in [1.807, 2.05) is 0 Å². The van der Waals surface area contributed by atoms with Crippen molar-refractivity contribution in [2.75, 3.05) is 6.54 Å². The van der Waals surface area contributed by atoms with Gasteiger partial charge in [-0.25, -0.2) is 4.98 Å². The molecule has 0 aliphatic heterocycles. The van der Waals surface area contributed by atoms with E-state index in [9.17, 15) is 13.2 Å². The van der Waals surface area contributed by atoms with Crippen LogP contribution in [0.25, 0.3) is 5.69 Å². The van der Waals surface area contributed by atoms with Crippen LogP contribution in [0.15, 0.2) is 30.7 Å². The summed E-state index contributed by atoms with van der Waals surface area (Å²) in [5, 5.41) is 0.0195. The van der Waals surface area contributed by atoms with Gasteiger partial charge < -0.3 is 10.3 Å². The number of benzene rings is 1. The first-order valence-corrected chi connectivity index (χ1v) is 5.89. The van der Waals surface area contributed by atoms with Gasteiger partial charge in [-0.1, -0.05) is 11.6 Å². The van der Waals surface area contributed by atoms with Crippen LogP contribution >= 0.6 is 11.6 Å². The van der Waals surface area contributed by atoms with E-state index in [2.05, 4.69) is 4.98 Å². The summed E-state index contributed by atoms with van der Waals surface area (Å²) < 4.78 is 39.3. The van der Waals surface area contributed by atoms with E-state index in [-0.39, 0.29) is 5.02 Å². The molecule has 1 aromatic heterocycles. The van der Waals surface area contributed by atoms with Crippen LogP contribution < -0.4 is 5.73 Å². The Morgan fingerprint density at radius 2 is 2.05 bits per heavy atom. The van der Waals surface area contributed by atoms with Crippen molar-refractivity contribution in [1.82, 2.24) is 9.55 Å². The molecule has 0 spiro atoms. The lowest BCUT2D eigenvalue weighted by molar-refractivity contribution is -0.137. The zero-order valence-corrected chi connectivity index (χ0v) is 10.5. The number of hydrogen-bond acceptors (Lipinski definition) is 2. The molecule has 19 heavy (non-hydrogen) atoms. The predicted molar refractivity (Wildman–Crippen MR) is 66.3 cm³/mol. The maximum atomic E-state index is 12.5. The molecule has 1 heterocycles. The lowest BCUT2D eigenvalue weighted by atomic mass is 10.2. The number of halogens is 4. The molecule has 102 valence electrons. The highest BCUT2D eigenvalue weighted by molar-refractivity contribution is 6.32. The van der Waals surface area contributed by atoms with Gasteiger partial charge in [-0.3, -0.25) is 0 Å². The maximum absolute atomic E-state index is 12.5. The molecular formula is C12H11ClF3N3.